The summed E-state index contributed by atoms with van der Waals surface area (Å²) in [5.74, 6) is 1.28. The van der Waals surface area contributed by atoms with Crippen LogP contribution in [0, 0.1) is 6.92 Å². The first-order valence-corrected chi connectivity index (χ1v) is 9.47. The Morgan fingerprint density at radius 3 is 2.74 bits per heavy atom. The first kappa shape index (κ1) is 16.3. The number of hydrogen-bond acceptors (Lipinski definition) is 5. The van der Waals surface area contributed by atoms with Gasteiger partial charge >= 0.3 is 0 Å². The van der Waals surface area contributed by atoms with Gasteiger partial charge < -0.3 is 20.5 Å². The Morgan fingerprint density at radius 1 is 1.11 bits per heavy atom. The van der Waals surface area contributed by atoms with Crippen molar-refractivity contribution in [3.63, 3.8) is 0 Å². The fraction of sp³-hybridized carbons (Fsp3) is 0.333. The lowest BCUT2D eigenvalue weighted by Gasteiger charge is -2.27. The van der Waals surface area contributed by atoms with Gasteiger partial charge in [-0.05, 0) is 50.8 Å². The van der Waals surface area contributed by atoms with Crippen molar-refractivity contribution in [2.75, 3.05) is 5.73 Å². The molecule has 27 heavy (non-hydrogen) atoms. The predicted molar refractivity (Wildman–Crippen MR) is 107 cm³/mol. The third-order valence-corrected chi connectivity index (χ3v) is 5.71. The summed E-state index contributed by atoms with van der Waals surface area (Å²) < 4.78 is 8.39. The molecule has 3 heterocycles. The number of hydrogen-bond donors (Lipinski definition) is 2. The van der Waals surface area contributed by atoms with Crippen LogP contribution in [0.5, 0.6) is 0 Å². The normalized spacial score (nSPS) is 20.5. The van der Waals surface area contributed by atoms with E-state index in [0.717, 1.165) is 59.0 Å². The lowest BCUT2D eigenvalue weighted by Crippen LogP contribution is -2.27. The van der Waals surface area contributed by atoms with Gasteiger partial charge in [0, 0.05) is 29.2 Å². The van der Waals surface area contributed by atoms with Gasteiger partial charge in [0.15, 0.2) is 0 Å². The first-order chi connectivity index (χ1) is 13.1. The number of nitrogens with zero attached hydrogens (tertiary/aromatic N) is 3. The Balaban J connectivity index is 1.69. The molecule has 1 fully saturated rings. The molecule has 0 bridgehead atoms. The van der Waals surface area contributed by atoms with Crippen LogP contribution in [-0.2, 0) is 0 Å². The molecule has 4 aromatic rings. The van der Waals surface area contributed by atoms with E-state index in [-0.39, 0.29) is 0 Å². The molecule has 1 aromatic carbocycles. The molecule has 1 saturated carbocycles. The van der Waals surface area contributed by atoms with Gasteiger partial charge in [-0.15, -0.1) is 0 Å². The van der Waals surface area contributed by atoms with E-state index in [2.05, 4.69) is 45.9 Å². The van der Waals surface area contributed by atoms with Gasteiger partial charge in [-0.2, -0.15) is 0 Å². The van der Waals surface area contributed by atoms with Crippen LogP contribution in [0.1, 0.15) is 37.3 Å². The zero-order chi connectivity index (χ0) is 18.5. The molecule has 0 radical (unpaired) electrons. The van der Waals surface area contributed by atoms with E-state index in [4.69, 9.17) is 15.9 Å². The second-order valence-corrected chi connectivity index (χ2v) is 7.63. The molecule has 4 N–H and O–H groups in total. The number of furan rings is 1. The average molecular weight is 361 g/mol. The molecule has 0 aliphatic heterocycles. The highest BCUT2D eigenvalue weighted by Gasteiger charge is 2.25. The van der Waals surface area contributed by atoms with Crippen molar-refractivity contribution < 1.29 is 4.42 Å². The monoisotopic (exact) mass is 361 g/mol. The standard InChI is InChI=1S/C21H23N5O/c1-12-2-7-17-13(8-12)9-18(27-17)16-10-26(15-5-3-14(22)4-6-15)21-19(16)20(23)24-11-25-21/h2,7-11,14-15H,3-6,22H2,1H3,(H2,23,24,25). The molecular formula is C21H23N5O. The Kier molecular flexibility index (Phi) is 3.68. The van der Waals surface area contributed by atoms with Crippen LogP contribution >= 0.6 is 0 Å². The number of nitrogens with two attached hydrogens (primary N) is 2. The maximum atomic E-state index is 6.25. The highest BCUT2D eigenvalue weighted by molar-refractivity contribution is 6.01. The Labute approximate surface area is 157 Å². The smallest absolute Gasteiger partial charge is 0.146 e. The quantitative estimate of drug-likeness (QED) is 0.558. The topological polar surface area (TPSA) is 95.9 Å². The van der Waals surface area contributed by atoms with Gasteiger partial charge in [-0.25, -0.2) is 9.97 Å². The highest BCUT2D eigenvalue weighted by Crippen LogP contribution is 2.39. The minimum Gasteiger partial charge on any atom is -0.456 e. The summed E-state index contributed by atoms with van der Waals surface area (Å²) in [4.78, 5) is 8.77. The van der Waals surface area contributed by atoms with Crippen LogP contribution < -0.4 is 11.5 Å². The average Bonchev–Trinajstić information content (AvgIpc) is 3.24. The van der Waals surface area contributed by atoms with E-state index in [9.17, 15) is 0 Å². The molecule has 3 aromatic heterocycles. The zero-order valence-electron chi connectivity index (χ0n) is 15.4. The lowest BCUT2D eigenvalue weighted by atomic mass is 9.92. The molecule has 0 amide bonds. The second-order valence-electron chi connectivity index (χ2n) is 7.63. The summed E-state index contributed by atoms with van der Waals surface area (Å²) >= 11 is 0. The Hall–Kier alpha value is -2.86. The number of aromatic nitrogens is 3. The summed E-state index contributed by atoms with van der Waals surface area (Å²) in [6, 6.07) is 8.95. The van der Waals surface area contributed by atoms with E-state index in [1.165, 1.54) is 11.9 Å². The van der Waals surface area contributed by atoms with E-state index in [0.29, 0.717) is 17.9 Å². The molecule has 1 aliphatic rings. The van der Waals surface area contributed by atoms with Gasteiger partial charge in [0.05, 0.1) is 5.39 Å². The van der Waals surface area contributed by atoms with Crippen molar-refractivity contribution in [1.29, 1.82) is 0 Å². The zero-order valence-corrected chi connectivity index (χ0v) is 15.4. The Bertz CT molecular complexity index is 1130. The lowest BCUT2D eigenvalue weighted by molar-refractivity contribution is 0.329. The minimum atomic E-state index is 0.306. The number of nitrogen functional groups attached to an aromatic ring is 1. The van der Waals surface area contributed by atoms with Crippen molar-refractivity contribution in [3.05, 3.63) is 42.4 Å². The van der Waals surface area contributed by atoms with Crippen LogP contribution in [0.3, 0.4) is 0 Å². The maximum absolute atomic E-state index is 6.25. The second kappa shape index (κ2) is 6.09. The molecule has 138 valence electrons. The van der Waals surface area contributed by atoms with Gasteiger partial charge in [0.25, 0.3) is 0 Å². The molecule has 1 aliphatic carbocycles. The number of benzene rings is 1. The van der Waals surface area contributed by atoms with Crippen molar-refractivity contribution in [3.8, 4) is 11.3 Å². The van der Waals surface area contributed by atoms with Crippen molar-refractivity contribution in [2.24, 2.45) is 5.73 Å². The SMILES string of the molecule is Cc1ccc2oc(-c3cn(C4CCC(N)CC4)c4ncnc(N)c34)cc2c1. The van der Waals surface area contributed by atoms with Crippen molar-refractivity contribution in [1.82, 2.24) is 14.5 Å². The molecule has 0 spiro atoms. The fourth-order valence-corrected chi connectivity index (χ4v) is 4.25. The largest absolute Gasteiger partial charge is 0.456 e. The van der Waals surface area contributed by atoms with Crippen LogP contribution in [0.25, 0.3) is 33.3 Å². The van der Waals surface area contributed by atoms with Crippen molar-refractivity contribution in [2.45, 2.75) is 44.7 Å². The van der Waals surface area contributed by atoms with E-state index >= 15 is 0 Å². The summed E-state index contributed by atoms with van der Waals surface area (Å²) in [6.45, 7) is 2.08. The van der Waals surface area contributed by atoms with Gasteiger partial charge in [-0.3, -0.25) is 0 Å². The van der Waals surface area contributed by atoms with Crippen molar-refractivity contribution >= 4 is 27.8 Å². The van der Waals surface area contributed by atoms with Gasteiger partial charge in [-0.1, -0.05) is 11.6 Å². The Morgan fingerprint density at radius 2 is 1.93 bits per heavy atom. The van der Waals surface area contributed by atoms with Crippen LogP contribution in [0.4, 0.5) is 5.82 Å². The molecule has 6 nitrogen and oxygen atoms in total. The summed E-state index contributed by atoms with van der Waals surface area (Å²) in [6.07, 6.45) is 7.83. The number of fused-ring (bicyclic) bond motifs is 2. The van der Waals surface area contributed by atoms with Crippen LogP contribution in [-0.4, -0.2) is 20.6 Å². The number of anilines is 1. The van der Waals surface area contributed by atoms with Crippen LogP contribution in [0.2, 0.25) is 0 Å². The molecule has 5 rings (SSSR count). The first-order valence-electron chi connectivity index (χ1n) is 9.47. The molecule has 0 saturated heterocycles. The number of rotatable bonds is 2. The maximum Gasteiger partial charge on any atom is 0.146 e. The highest BCUT2D eigenvalue weighted by atomic mass is 16.3. The summed E-state index contributed by atoms with van der Waals surface area (Å²) in [7, 11) is 0. The van der Waals surface area contributed by atoms with Crippen LogP contribution in [0.15, 0.2) is 41.2 Å². The molecule has 0 atom stereocenters. The molecule has 0 unspecified atom stereocenters. The van der Waals surface area contributed by atoms with E-state index in [1.807, 2.05) is 6.07 Å². The summed E-state index contributed by atoms with van der Waals surface area (Å²) in [5, 5.41) is 1.95. The van der Waals surface area contributed by atoms with E-state index < -0.39 is 0 Å². The number of aryl methyl sites for hydroxylation is 1. The summed E-state index contributed by atoms with van der Waals surface area (Å²) in [5.41, 5.74) is 16.2. The fourth-order valence-electron chi connectivity index (χ4n) is 4.25. The van der Waals surface area contributed by atoms with E-state index in [1.54, 1.807) is 0 Å². The third-order valence-electron chi connectivity index (χ3n) is 5.71. The minimum absolute atomic E-state index is 0.306. The van der Waals surface area contributed by atoms with Gasteiger partial charge in [0.1, 0.15) is 29.1 Å². The molecule has 6 heteroatoms. The predicted octanol–water partition coefficient (Wildman–Crippen LogP) is 4.18. The molecular weight excluding hydrogens is 338 g/mol. The van der Waals surface area contributed by atoms with Gasteiger partial charge in [0.2, 0.25) is 0 Å². The third kappa shape index (κ3) is 2.68.